The summed E-state index contributed by atoms with van der Waals surface area (Å²) in [6.45, 7) is 0.265. The Hall–Kier alpha value is -2.85. The molecule has 26 heavy (non-hydrogen) atoms. The molecule has 0 unspecified atom stereocenters. The average molecular weight is 347 g/mol. The molecule has 0 bridgehead atoms. The number of amides is 1. The van der Waals surface area contributed by atoms with E-state index in [0.717, 1.165) is 18.4 Å². The minimum atomic E-state index is -0.438. The van der Waals surface area contributed by atoms with Crippen LogP contribution < -0.4 is 5.32 Å². The summed E-state index contributed by atoms with van der Waals surface area (Å²) >= 11 is 0. The predicted molar refractivity (Wildman–Crippen MR) is 101 cm³/mol. The normalized spacial score (nSPS) is 18.5. The number of hydrogen-bond donors (Lipinski definition) is 1. The average Bonchev–Trinajstić information content (AvgIpc) is 3.43. The summed E-state index contributed by atoms with van der Waals surface area (Å²) in [5.74, 6) is 0. The van der Waals surface area contributed by atoms with Crippen LogP contribution in [0.1, 0.15) is 17.5 Å². The number of ether oxygens (including phenoxy) is 2. The molecule has 1 heterocycles. The number of fused-ring (bicyclic) bond motifs is 1. The molecule has 1 amide bonds. The monoisotopic (exact) mass is 347 g/mol. The lowest BCUT2D eigenvalue weighted by Gasteiger charge is -2.05. The number of epoxide rings is 1. The lowest BCUT2D eigenvalue weighted by molar-refractivity contribution is 0.135. The van der Waals surface area contributed by atoms with Gasteiger partial charge >= 0.3 is 6.09 Å². The van der Waals surface area contributed by atoms with E-state index in [1.807, 2.05) is 36.4 Å². The number of carbonyl (C=O) groups excluding carboxylic acids is 1. The fraction of sp³-hybridized carbons (Fsp3) is 0.227. The first-order valence-corrected chi connectivity index (χ1v) is 8.88. The van der Waals surface area contributed by atoms with Crippen LogP contribution in [0.5, 0.6) is 0 Å². The fourth-order valence-corrected chi connectivity index (χ4v) is 3.07. The van der Waals surface area contributed by atoms with Gasteiger partial charge in [-0.15, -0.1) is 0 Å². The molecule has 4 nitrogen and oxygen atoms in total. The molecular formula is C22H21NO3. The van der Waals surface area contributed by atoms with Crippen LogP contribution in [0.2, 0.25) is 0 Å². The second kappa shape index (κ2) is 7.58. The van der Waals surface area contributed by atoms with Crippen LogP contribution in [0.25, 0.3) is 10.8 Å². The minimum Gasteiger partial charge on any atom is -0.445 e. The van der Waals surface area contributed by atoms with Gasteiger partial charge in [-0.1, -0.05) is 72.8 Å². The van der Waals surface area contributed by atoms with Crippen LogP contribution in [0, 0.1) is 0 Å². The molecule has 2 atom stereocenters. The summed E-state index contributed by atoms with van der Waals surface area (Å²) in [4.78, 5) is 11.8. The zero-order chi connectivity index (χ0) is 17.8. The number of nitrogens with one attached hydrogen (secondary N) is 1. The van der Waals surface area contributed by atoms with Gasteiger partial charge in [0.2, 0.25) is 0 Å². The molecule has 0 aromatic heterocycles. The molecule has 0 aliphatic carbocycles. The highest BCUT2D eigenvalue weighted by Gasteiger charge is 2.39. The third kappa shape index (κ3) is 4.21. The Morgan fingerprint density at radius 2 is 1.69 bits per heavy atom. The molecule has 4 rings (SSSR count). The zero-order valence-electron chi connectivity index (χ0n) is 14.4. The second-order valence-electron chi connectivity index (χ2n) is 6.52. The number of alkyl carbamates (subject to hydrolysis) is 1. The molecule has 132 valence electrons. The van der Waals surface area contributed by atoms with Gasteiger partial charge < -0.3 is 9.47 Å². The number of aryl methyl sites for hydroxylation is 1. The molecule has 3 aromatic carbocycles. The van der Waals surface area contributed by atoms with E-state index in [1.54, 1.807) is 0 Å². The van der Waals surface area contributed by atoms with E-state index in [0.29, 0.717) is 0 Å². The lowest BCUT2D eigenvalue weighted by Crippen LogP contribution is -2.28. The molecule has 1 N–H and O–H groups in total. The van der Waals surface area contributed by atoms with Crippen LogP contribution in [0.3, 0.4) is 0 Å². The maximum absolute atomic E-state index is 11.8. The first-order valence-electron chi connectivity index (χ1n) is 8.88. The van der Waals surface area contributed by atoms with Crippen LogP contribution in [-0.2, 0) is 22.5 Å². The zero-order valence-corrected chi connectivity index (χ0v) is 14.4. The van der Waals surface area contributed by atoms with Crippen LogP contribution in [0.15, 0.2) is 72.8 Å². The highest BCUT2D eigenvalue weighted by molar-refractivity contribution is 5.82. The first-order chi connectivity index (χ1) is 12.8. The molecule has 1 aliphatic rings. The minimum absolute atomic E-state index is 0.0609. The maximum atomic E-state index is 11.8. The van der Waals surface area contributed by atoms with Gasteiger partial charge in [-0.05, 0) is 34.7 Å². The largest absolute Gasteiger partial charge is 0.445 e. The van der Waals surface area contributed by atoms with Gasteiger partial charge in [0, 0.05) is 0 Å². The summed E-state index contributed by atoms with van der Waals surface area (Å²) in [6, 6.07) is 24.5. The SMILES string of the molecule is O=C(N[C@H]1O[C@H]1CCc1ccc2ccccc2c1)OCc1ccccc1. The smallest absolute Gasteiger partial charge is 0.409 e. The first kappa shape index (κ1) is 16.6. The molecule has 0 radical (unpaired) electrons. The van der Waals surface area contributed by atoms with Crippen molar-refractivity contribution in [2.45, 2.75) is 31.8 Å². The summed E-state index contributed by atoms with van der Waals surface area (Å²) in [5.41, 5.74) is 2.25. The van der Waals surface area contributed by atoms with Crippen molar-refractivity contribution in [1.29, 1.82) is 0 Å². The predicted octanol–water partition coefficient (Wildman–Crippen LogP) is 4.42. The van der Waals surface area contributed by atoms with E-state index in [4.69, 9.17) is 9.47 Å². The van der Waals surface area contributed by atoms with Crippen molar-refractivity contribution >= 4 is 16.9 Å². The Labute approximate surface area is 152 Å². The fourth-order valence-electron chi connectivity index (χ4n) is 3.07. The Morgan fingerprint density at radius 3 is 2.54 bits per heavy atom. The van der Waals surface area contributed by atoms with E-state index in [1.165, 1.54) is 16.3 Å². The van der Waals surface area contributed by atoms with Gasteiger partial charge in [0.15, 0.2) is 6.23 Å². The highest BCUT2D eigenvalue weighted by Crippen LogP contribution is 2.25. The quantitative estimate of drug-likeness (QED) is 0.671. The molecule has 1 aliphatic heterocycles. The van der Waals surface area contributed by atoms with E-state index in [2.05, 4.69) is 41.7 Å². The number of rotatable bonds is 6. The molecule has 0 saturated carbocycles. The van der Waals surface area contributed by atoms with E-state index < -0.39 is 6.09 Å². The summed E-state index contributed by atoms with van der Waals surface area (Å²) in [5, 5.41) is 5.26. The summed E-state index contributed by atoms with van der Waals surface area (Å²) < 4.78 is 10.7. The number of benzene rings is 3. The van der Waals surface area contributed by atoms with E-state index in [9.17, 15) is 4.79 Å². The summed E-state index contributed by atoms with van der Waals surface area (Å²) in [6.07, 6.45) is 1.19. The van der Waals surface area contributed by atoms with Gasteiger partial charge in [0.1, 0.15) is 12.7 Å². The number of hydrogen-bond acceptors (Lipinski definition) is 3. The molecule has 3 aromatic rings. The van der Waals surface area contributed by atoms with Gasteiger partial charge in [-0.2, -0.15) is 0 Å². The van der Waals surface area contributed by atoms with E-state index >= 15 is 0 Å². The Balaban J connectivity index is 1.21. The summed E-state index contributed by atoms with van der Waals surface area (Å²) in [7, 11) is 0. The molecule has 1 fully saturated rings. The number of carbonyl (C=O) groups is 1. The van der Waals surface area contributed by atoms with Crippen LogP contribution >= 0.6 is 0 Å². The Kier molecular flexibility index (Phi) is 4.84. The van der Waals surface area contributed by atoms with Gasteiger partial charge in [0.05, 0.1) is 0 Å². The molecule has 0 spiro atoms. The standard InChI is InChI=1S/C22H21NO3/c24-22(25-15-17-6-2-1-3-7-17)23-21-20(26-21)13-11-16-10-12-18-8-4-5-9-19(18)14-16/h1-10,12,14,20-21H,11,13,15H2,(H,23,24)/t20-,21-/m0/s1. The van der Waals surface area contributed by atoms with Crippen LogP contribution in [-0.4, -0.2) is 18.4 Å². The van der Waals surface area contributed by atoms with Crippen molar-refractivity contribution in [3.63, 3.8) is 0 Å². The van der Waals surface area contributed by atoms with Crippen molar-refractivity contribution in [2.24, 2.45) is 0 Å². The van der Waals surface area contributed by atoms with Crippen LogP contribution in [0.4, 0.5) is 4.79 Å². The van der Waals surface area contributed by atoms with E-state index in [-0.39, 0.29) is 18.9 Å². The molecule has 4 heteroatoms. The Bertz CT molecular complexity index is 894. The molecular weight excluding hydrogens is 326 g/mol. The second-order valence-corrected chi connectivity index (χ2v) is 6.52. The van der Waals surface area contributed by atoms with Crippen molar-refractivity contribution in [3.8, 4) is 0 Å². The van der Waals surface area contributed by atoms with Gasteiger partial charge in [0.25, 0.3) is 0 Å². The highest BCUT2D eigenvalue weighted by atomic mass is 16.6. The topological polar surface area (TPSA) is 50.9 Å². The Morgan fingerprint density at radius 1 is 0.923 bits per heavy atom. The van der Waals surface area contributed by atoms with Crippen molar-refractivity contribution in [2.75, 3.05) is 0 Å². The lowest BCUT2D eigenvalue weighted by atomic mass is 10.0. The maximum Gasteiger partial charge on any atom is 0.409 e. The molecule has 1 saturated heterocycles. The third-order valence-corrected chi connectivity index (χ3v) is 4.59. The third-order valence-electron chi connectivity index (χ3n) is 4.59. The van der Waals surface area contributed by atoms with Crippen molar-refractivity contribution in [1.82, 2.24) is 5.32 Å². The van der Waals surface area contributed by atoms with Crippen molar-refractivity contribution in [3.05, 3.63) is 83.9 Å². The van der Waals surface area contributed by atoms with Gasteiger partial charge in [-0.25, -0.2) is 4.79 Å². The van der Waals surface area contributed by atoms with Gasteiger partial charge in [-0.3, -0.25) is 5.32 Å². The van der Waals surface area contributed by atoms with Crippen molar-refractivity contribution < 1.29 is 14.3 Å².